The van der Waals surface area contributed by atoms with Gasteiger partial charge in [-0.1, -0.05) is 0 Å². The third kappa shape index (κ3) is 3.50. The summed E-state index contributed by atoms with van der Waals surface area (Å²) in [6.07, 6.45) is 1.66. The smallest absolute Gasteiger partial charge is 0.204 e. The maximum absolute atomic E-state index is 5.37. The van der Waals surface area contributed by atoms with Gasteiger partial charge in [-0.15, -0.1) is 11.3 Å². The lowest BCUT2D eigenvalue weighted by Crippen LogP contribution is -1.99. The van der Waals surface area contributed by atoms with Gasteiger partial charge < -0.3 is 14.2 Å². The van der Waals surface area contributed by atoms with E-state index in [0.29, 0.717) is 17.2 Å². The van der Waals surface area contributed by atoms with Gasteiger partial charge in [0.05, 0.1) is 37.7 Å². The molecular formula is C14H16BrN3O3S. The fourth-order valence-electron chi connectivity index (χ4n) is 1.80. The van der Waals surface area contributed by atoms with Crippen LogP contribution in [0.15, 0.2) is 21.0 Å². The Labute approximate surface area is 141 Å². The fraction of sp³-hybridized carbons (Fsp3) is 0.286. The molecule has 0 aliphatic heterocycles. The zero-order valence-corrected chi connectivity index (χ0v) is 15.0. The average molecular weight is 386 g/mol. The molecule has 0 radical (unpaired) electrons. The quantitative estimate of drug-likeness (QED) is 0.606. The van der Waals surface area contributed by atoms with E-state index < -0.39 is 0 Å². The van der Waals surface area contributed by atoms with Crippen molar-refractivity contribution in [3.63, 3.8) is 0 Å². The second kappa shape index (κ2) is 7.46. The molecule has 1 heterocycles. The number of nitrogens with zero attached hydrogens (tertiary/aromatic N) is 2. The number of aromatic nitrogens is 1. The molecule has 2 rings (SSSR count). The van der Waals surface area contributed by atoms with Gasteiger partial charge >= 0.3 is 0 Å². The Balaban J connectivity index is 2.30. The average Bonchev–Trinajstić information content (AvgIpc) is 2.93. The van der Waals surface area contributed by atoms with Crippen LogP contribution in [0.25, 0.3) is 0 Å². The van der Waals surface area contributed by atoms with Crippen molar-refractivity contribution in [3.05, 3.63) is 27.2 Å². The number of ether oxygens (including phenoxy) is 3. The summed E-state index contributed by atoms with van der Waals surface area (Å²) in [5.41, 5.74) is 4.63. The summed E-state index contributed by atoms with van der Waals surface area (Å²) in [5.74, 6) is 1.64. The van der Waals surface area contributed by atoms with Crippen LogP contribution in [0.1, 0.15) is 11.3 Å². The summed E-state index contributed by atoms with van der Waals surface area (Å²) in [5, 5.41) is 6.87. The zero-order chi connectivity index (χ0) is 16.1. The van der Waals surface area contributed by atoms with Gasteiger partial charge in [-0.3, -0.25) is 5.43 Å². The molecule has 118 valence electrons. The molecular weight excluding hydrogens is 370 g/mol. The molecule has 22 heavy (non-hydrogen) atoms. The SMILES string of the molecule is COc1cc(C=NNc2nc(C)cs2)c(Br)c(OC)c1OC. The first-order chi connectivity index (χ1) is 10.6. The van der Waals surface area contributed by atoms with Crippen LogP contribution in [0, 0.1) is 6.92 Å². The van der Waals surface area contributed by atoms with Gasteiger partial charge in [-0.2, -0.15) is 5.10 Å². The van der Waals surface area contributed by atoms with E-state index in [-0.39, 0.29) is 0 Å². The van der Waals surface area contributed by atoms with Crippen LogP contribution in [-0.4, -0.2) is 32.5 Å². The van der Waals surface area contributed by atoms with Gasteiger partial charge in [-0.05, 0) is 28.9 Å². The number of hydrazone groups is 1. The molecule has 0 saturated carbocycles. The van der Waals surface area contributed by atoms with Crippen molar-refractivity contribution in [1.82, 2.24) is 4.98 Å². The zero-order valence-electron chi connectivity index (χ0n) is 12.6. The number of methoxy groups -OCH3 is 3. The summed E-state index contributed by atoms with van der Waals surface area (Å²) in [6.45, 7) is 1.93. The van der Waals surface area contributed by atoms with Crippen molar-refractivity contribution in [1.29, 1.82) is 0 Å². The maximum atomic E-state index is 5.37. The summed E-state index contributed by atoms with van der Waals surface area (Å²) in [7, 11) is 4.70. The topological polar surface area (TPSA) is 65.0 Å². The first-order valence-corrected chi connectivity index (χ1v) is 7.97. The second-order valence-corrected chi connectivity index (χ2v) is 5.86. The van der Waals surface area contributed by atoms with Crippen molar-refractivity contribution < 1.29 is 14.2 Å². The highest BCUT2D eigenvalue weighted by Crippen LogP contribution is 2.44. The van der Waals surface area contributed by atoms with Crippen molar-refractivity contribution in [2.75, 3.05) is 26.8 Å². The molecule has 0 saturated heterocycles. The molecule has 0 spiro atoms. The fourth-order valence-corrected chi connectivity index (χ4v) is 2.99. The molecule has 0 aliphatic carbocycles. The third-order valence-electron chi connectivity index (χ3n) is 2.78. The molecule has 6 nitrogen and oxygen atoms in total. The molecule has 0 amide bonds. The van der Waals surface area contributed by atoms with Gasteiger partial charge in [0, 0.05) is 10.9 Å². The summed E-state index contributed by atoms with van der Waals surface area (Å²) in [4.78, 5) is 4.27. The van der Waals surface area contributed by atoms with Crippen molar-refractivity contribution >= 4 is 38.6 Å². The lowest BCUT2D eigenvalue weighted by Gasteiger charge is -2.15. The monoisotopic (exact) mass is 385 g/mol. The number of nitrogens with one attached hydrogen (secondary N) is 1. The highest BCUT2D eigenvalue weighted by Gasteiger charge is 2.18. The Morgan fingerprint density at radius 2 is 1.95 bits per heavy atom. The molecule has 0 unspecified atom stereocenters. The van der Waals surface area contributed by atoms with Crippen LogP contribution < -0.4 is 19.6 Å². The molecule has 8 heteroatoms. The van der Waals surface area contributed by atoms with Gasteiger partial charge in [0.25, 0.3) is 0 Å². The van der Waals surface area contributed by atoms with Crippen LogP contribution in [0.3, 0.4) is 0 Å². The predicted molar refractivity (Wildman–Crippen MR) is 91.9 cm³/mol. The van der Waals surface area contributed by atoms with Gasteiger partial charge in [0.15, 0.2) is 11.5 Å². The van der Waals surface area contributed by atoms with Crippen LogP contribution in [0.2, 0.25) is 0 Å². The minimum atomic E-state index is 0.525. The number of hydrogen-bond donors (Lipinski definition) is 1. The number of anilines is 1. The van der Waals surface area contributed by atoms with Crippen LogP contribution >= 0.6 is 27.3 Å². The second-order valence-electron chi connectivity index (χ2n) is 4.21. The molecule has 0 aliphatic rings. The van der Waals surface area contributed by atoms with Crippen molar-refractivity contribution in [3.8, 4) is 17.2 Å². The Hall–Kier alpha value is -1.80. The Kier molecular flexibility index (Phi) is 5.62. The summed E-state index contributed by atoms with van der Waals surface area (Å²) in [6, 6.07) is 1.81. The van der Waals surface area contributed by atoms with Crippen LogP contribution in [0.4, 0.5) is 5.13 Å². The third-order valence-corrected chi connectivity index (χ3v) is 4.46. The number of hydrogen-bond acceptors (Lipinski definition) is 7. The maximum Gasteiger partial charge on any atom is 0.204 e. The predicted octanol–water partition coefficient (Wildman–Crippen LogP) is 3.69. The molecule has 2 aromatic rings. The molecule has 0 atom stereocenters. The molecule has 1 N–H and O–H groups in total. The van der Waals surface area contributed by atoms with E-state index in [4.69, 9.17) is 14.2 Å². The Bertz CT molecular complexity index is 688. The Morgan fingerprint density at radius 3 is 2.50 bits per heavy atom. The highest BCUT2D eigenvalue weighted by molar-refractivity contribution is 9.10. The molecule has 1 aromatic carbocycles. The lowest BCUT2D eigenvalue weighted by molar-refractivity contribution is 0.323. The number of benzene rings is 1. The lowest BCUT2D eigenvalue weighted by atomic mass is 10.2. The van der Waals surface area contributed by atoms with E-state index in [1.165, 1.54) is 11.3 Å². The first kappa shape index (κ1) is 16.6. The van der Waals surface area contributed by atoms with Crippen LogP contribution in [-0.2, 0) is 0 Å². The van der Waals surface area contributed by atoms with E-state index in [0.717, 1.165) is 20.9 Å². The van der Waals surface area contributed by atoms with Gasteiger partial charge in [0.1, 0.15) is 0 Å². The number of aryl methyl sites for hydroxylation is 1. The largest absolute Gasteiger partial charge is 0.493 e. The normalized spacial score (nSPS) is 10.8. The standard InChI is InChI=1S/C14H16BrN3O3S/c1-8-7-22-14(17-8)18-16-6-9-5-10(19-2)12(20-3)13(21-4)11(9)15/h5-7H,1-4H3,(H,17,18). The van der Waals surface area contributed by atoms with Gasteiger partial charge in [0.2, 0.25) is 10.9 Å². The van der Waals surface area contributed by atoms with E-state index in [2.05, 4.69) is 31.4 Å². The van der Waals surface area contributed by atoms with E-state index in [1.54, 1.807) is 27.5 Å². The molecule has 0 fully saturated rings. The van der Waals surface area contributed by atoms with Crippen LogP contribution in [0.5, 0.6) is 17.2 Å². The number of rotatable bonds is 6. The first-order valence-electron chi connectivity index (χ1n) is 6.30. The number of halogens is 1. The molecule has 0 bridgehead atoms. The van der Waals surface area contributed by atoms with Crippen molar-refractivity contribution in [2.24, 2.45) is 5.10 Å². The minimum absolute atomic E-state index is 0.525. The van der Waals surface area contributed by atoms with Crippen molar-refractivity contribution in [2.45, 2.75) is 6.92 Å². The van der Waals surface area contributed by atoms with E-state index >= 15 is 0 Å². The van der Waals surface area contributed by atoms with E-state index in [9.17, 15) is 0 Å². The number of thiazole rings is 1. The highest BCUT2D eigenvalue weighted by atomic mass is 79.9. The van der Waals surface area contributed by atoms with Gasteiger partial charge in [-0.25, -0.2) is 4.98 Å². The molecule has 1 aromatic heterocycles. The summed E-state index contributed by atoms with van der Waals surface area (Å²) < 4.78 is 16.8. The van der Waals surface area contributed by atoms with E-state index in [1.807, 2.05) is 18.4 Å². The Morgan fingerprint density at radius 1 is 1.23 bits per heavy atom. The summed E-state index contributed by atoms with van der Waals surface area (Å²) >= 11 is 4.99. The minimum Gasteiger partial charge on any atom is -0.493 e.